The van der Waals surface area contributed by atoms with Crippen LogP contribution in [-0.2, 0) is 11.2 Å². The van der Waals surface area contributed by atoms with E-state index < -0.39 is 11.6 Å². The van der Waals surface area contributed by atoms with Gasteiger partial charge in [-0.1, -0.05) is 28.1 Å². The molecule has 0 radical (unpaired) electrons. The van der Waals surface area contributed by atoms with E-state index in [0.29, 0.717) is 25.2 Å². The first-order valence-electron chi connectivity index (χ1n) is 5.23. The molecule has 1 atom stereocenters. The highest BCUT2D eigenvalue weighted by molar-refractivity contribution is 9.09. The zero-order valence-electron chi connectivity index (χ0n) is 8.81. The Morgan fingerprint density at radius 2 is 2.19 bits per heavy atom. The van der Waals surface area contributed by atoms with Gasteiger partial charge in [-0.05, 0) is 24.5 Å². The first-order chi connectivity index (χ1) is 7.67. The molecule has 1 aliphatic rings. The van der Waals surface area contributed by atoms with Crippen LogP contribution in [0.5, 0.6) is 0 Å². The number of hydrogen-bond donors (Lipinski definition) is 0. The van der Waals surface area contributed by atoms with Gasteiger partial charge in [-0.3, -0.25) is 0 Å². The van der Waals surface area contributed by atoms with E-state index in [1.165, 1.54) is 0 Å². The second-order valence-corrected chi connectivity index (χ2v) is 4.89. The topological polar surface area (TPSA) is 9.23 Å². The zero-order chi connectivity index (χ0) is 11.6. The predicted octanol–water partition coefficient (Wildman–Crippen LogP) is 3.31. The van der Waals surface area contributed by atoms with Crippen LogP contribution < -0.4 is 0 Å². The van der Waals surface area contributed by atoms with Gasteiger partial charge in [0.05, 0.1) is 6.61 Å². The Kier molecular flexibility index (Phi) is 3.60. The average Bonchev–Trinajstić information content (AvgIpc) is 2.74. The lowest BCUT2D eigenvalue weighted by Gasteiger charge is -2.24. The first kappa shape index (κ1) is 12.0. The fourth-order valence-corrected chi connectivity index (χ4v) is 2.67. The van der Waals surface area contributed by atoms with Crippen LogP contribution in [0.4, 0.5) is 8.78 Å². The third kappa shape index (κ3) is 2.28. The van der Waals surface area contributed by atoms with Crippen LogP contribution in [0.15, 0.2) is 18.2 Å². The van der Waals surface area contributed by atoms with E-state index >= 15 is 0 Å². The van der Waals surface area contributed by atoms with E-state index in [-0.39, 0.29) is 5.41 Å². The van der Waals surface area contributed by atoms with E-state index in [9.17, 15) is 8.78 Å². The number of benzene rings is 1. The van der Waals surface area contributed by atoms with E-state index in [1.807, 2.05) is 0 Å². The smallest absolute Gasteiger partial charge is 0.162 e. The van der Waals surface area contributed by atoms with E-state index in [2.05, 4.69) is 15.9 Å². The molecule has 0 saturated carbocycles. The molecule has 1 saturated heterocycles. The van der Waals surface area contributed by atoms with Crippen LogP contribution in [0, 0.1) is 17.0 Å². The minimum absolute atomic E-state index is 0.0887. The summed E-state index contributed by atoms with van der Waals surface area (Å²) in [6, 6.07) is 4.33. The molecule has 1 aliphatic heterocycles. The van der Waals surface area contributed by atoms with Crippen LogP contribution in [0.25, 0.3) is 0 Å². The number of rotatable bonds is 3. The van der Waals surface area contributed by atoms with Crippen molar-refractivity contribution in [2.75, 3.05) is 18.5 Å². The van der Waals surface area contributed by atoms with Gasteiger partial charge in [0.15, 0.2) is 11.6 Å². The van der Waals surface area contributed by atoms with Gasteiger partial charge in [-0.25, -0.2) is 8.78 Å². The standard InChI is InChI=1S/C12H13BrF2O/c13-7-12(4-5-16-8-12)6-9-2-1-3-10(14)11(9)15/h1-3H,4-8H2. The Balaban J connectivity index is 2.22. The van der Waals surface area contributed by atoms with Gasteiger partial charge < -0.3 is 4.74 Å². The molecule has 1 aromatic rings. The van der Waals surface area contributed by atoms with Crippen molar-refractivity contribution >= 4 is 15.9 Å². The number of alkyl halides is 1. The van der Waals surface area contributed by atoms with Crippen molar-refractivity contribution in [3.8, 4) is 0 Å². The van der Waals surface area contributed by atoms with Crippen LogP contribution in [0.2, 0.25) is 0 Å². The average molecular weight is 291 g/mol. The lowest BCUT2D eigenvalue weighted by Crippen LogP contribution is -2.26. The molecule has 2 rings (SSSR count). The van der Waals surface area contributed by atoms with Crippen molar-refractivity contribution in [1.82, 2.24) is 0 Å². The number of ether oxygens (including phenoxy) is 1. The molecule has 88 valence electrons. The molecule has 1 fully saturated rings. The summed E-state index contributed by atoms with van der Waals surface area (Å²) in [4.78, 5) is 0. The molecule has 16 heavy (non-hydrogen) atoms. The zero-order valence-corrected chi connectivity index (χ0v) is 10.4. The van der Waals surface area contributed by atoms with Crippen molar-refractivity contribution in [2.45, 2.75) is 12.8 Å². The summed E-state index contributed by atoms with van der Waals surface area (Å²) in [7, 11) is 0. The molecule has 0 amide bonds. The van der Waals surface area contributed by atoms with Gasteiger partial charge in [-0.15, -0.1) is 0 Å². The highest BCUT2D eigenvalue weighted by Crippen LogP contribution is 2.35. The number of halogens is 3. The van der Waals surface area contributed by atoms with Gasteiger partial charge in [-0.2, -0.15) is 0 Å². The molecule has 1 unspecified atom stereocenters. The fourth-order valence-electron chi connectivity index (χ4n) is 2.03. The number of hydrogen-bond acceptors (Lipinski definition) is 1. The first-order valence-corrected chi connectivity index (χ1v) is 6.36. The summed E-state index contributed by atoms with van der Waals surface area (Å²) < 4.78 is 31.9. The van der Waals surface area contributed by atoms with Crippen molar-refractivity contribution in [3.05, 3.63) is 35.4 Å². The largest absolute Gasteiger partial charge is 0.381 e. The van der Waals surface area contributed by atoms with Gasteiger partial charge in [0.25, 0.3) is 0 Å². The molecule has 1 nitrogen and oxygen atoms in total. The fraction of sp³-hybridized carbons (Fsp3) is 0.500. The van der Waals surface area contributed by atoms with Crippen molar-refractivity contribution in [1.29, 1.82) is 0 Å². The molecule has 0 spiro atoms. The van der Waals surface area contributed by atoms with Gasteiger partial charge >= 0.3 is 0 Å². The second kappa shape index (κ2) is 4.80. The van der Waals surface area contributed by atoms with Crippen LogP contribution in [0.1, 0.15) is 12.0 Å². The lowest BCUT2D eigenvalue weighted by atomic mass is 9.83. The Morgan fingerprint density at radius 3 is 2.81 bits per heavy atom. The maximum Gasteiger partial charge on any atom is 0.162 e. The van der Waals surface area contributed by atoms with Crippen LogP contribution in [-0.4, -0.2) is 18.5 Å². The van der Waals surface area contributed by atoms with Crippen molar-refractivity contribution < 1.29 is 13.5 Å². The summed E-state index contributed by atoms with van der Waals surface area (Å²) in [6.07, 6.45) is 1.40. The monoisotopic (exact) mass is 290 g/mol. The maximum absolute atomic E-state index is 13.5. The normalized spacial score (nSPS) is 24.9. The summed E-state index contributed by atoms with van der Waals surface area (Å²) in [6.45, 7) is 1.30. The van der Waals surface area contributed by atoms with E-state index in [1.54, 1.807) is 12.1 Å². The maximum atomic E-state index is 13.5. The van der Waals surface area contributed by atoms with Gasteiger partial charge in [0.2, 0.25) is 0 Å². The quantitative estimate of drug-likeness (QED) is 0.776. The molecular formula is C12H13BrF2O. The molecule has 0 aromatic heterocycles. The van der Waals surface area contributed by atoms with Crippen LogP contribution >= 0.6 is 15.9 Å². The highest BCUT2D eigenvalue weighted by atomic mass is 79.9. The molecule has 0 aliphatic carbocycles. The molecular weight excluding hydrogens is 278 g/mol. The predicted molar refractivity (Wildman–Crippen MR) is 61.7 cm³/mol. The third-order valence-corrected chi connectivity index (χ3v) is 4.25. The molecule has 1 heterocycles. The second-order valence-electron chi connectivity index (χ2n) is 4.33. The summed E-state index contributed by atoms with van der Waals surface area (Å²) >= 11 is 3.44. The van der Waals surface area contributed by atoms with Crippen LogP contribution in [0.3, 0.4) is 0 Å². The molecule has 1 aromatic carbocycles. The minimum atomic E-state index is -0.777. The Hall–Kier alpha value is -0.480. The minimum Gasteiger partial charge on any atom is -0.381 e. The van der Waals surface area contributed by atoms with E-state index in [4.69, 9.17) is 4.74 Å². The summed E-state index contributed by atoms with van der Waals surface area (Å²) in [5, 5.41) is 0.746. The van der Waals surface area contributed by atoms with Crippen molar-refractivity contribution in [2.24, 2.45) is 5.41 Å². The lowest BCUT2D eigenvalue weighted by molar-refractivity contribution is 0.161. The van der Waals surface area contributed by atoms with Gasteiger partial charge in [0, 0.05) is 17.4 Å². The summed E-state index contributed by atoms with van der Waals surface area (Å²) in [5.41, 5.74) is 0.346. The highest BCUT2D eigenvalue weighted by Gasteiger charge is 2.34. The Labute approximate surface area is 102 Å². The molecule has 0 bridgehead atoms. The van der Waals surface area contributed by atoms with Gasteiger partial charge in [0.1, 0.15) is 0 Å². The SMILES string of the molecule is Fc1cccc(CC2(CBr)CCOC2)c1F. The van der Waals surface area contributed by atoms with Crippen molar-refractivity contribution in [3.63, 3.8) is 0 Å². The molecule has 4 heteroatoms. The third-order valence-electron chi connectivity index (χ3n) is 3.07. The Bertz CT molecular complexity index is 375. The van der Waals surface area contributed by atoms with E-state index in [0.717, 1.165) is 17.8 Å². The Morgan fingerprint density at radius 1 is 1.38 bits per heavy atom. The molecule has 0 N–H and O–H groups in total. The summed E-state index contributed by atoms with van der Waals surface area (Å²) in [5.74, 6) is -1.50.